The molecule has 1 N–H and O–H groups in total. The number of ether oxygens (including phenoxy) is 1. The number of aliphatic carboxylic acids is 1. The summed E-state index contributed by atoms with van der Waals surface area (Å²) in [5.41, 5.74) is 1.06. The lowest BCUT2D eigenvalue weighted by molar-refractivity contribution is -0.147. The third-order valence-corrected chi connectivity index (χ3v) is 4.15. The minimum atomic E-state index is -1.08. The van der Waals surface area contributed by atoms with Crippen LogP contribution in [0.2, 0.25) is 0 Å². The smallest absolute Gasteiger partial charge is 0.328 e. The van der Waals surface area contributed by atoms with Gasteiger partial charge in [-0.15, -0.1) is 0 Å². The summed E-state index contributed by atoms with van der Waals surface area (Å²) < 4.78 is 5.15. The Kier molecular flexibility index (Phi) is 4.29. The van der Waals surface area contributed by atoms with E-state index < -0.39 is 12.0 Å². The van der Waals surface area contributed by atoms with Crippen molar-refractivity contribution in [2.75, 3.05) is 31.2 Å². The maximum absolute atomic E-state index is 12.7. The van der Waals surface area contributed by atoms with Gasteiger partial charge in [-0.25, -0.2) is 4.79 Å². The van der Waals surface area contributed by atoms with Gasteiger partial charge in [0.1, 0.15) is 0 Å². The Bertz CT molecular complexity index is 645. The van der Waals surface area contributed by atoms with Crippen molar-refractivity contribution in [2.24, 2.45) is 0 Å². The number of carboxylic acids is 1. The highest BCUT2D eigenvalue weighted by Crippen LogP contribution is 2.23. The Labute approximate surface area is 133 Å². The Morgan fingerprint density at radius 3 is 2.78 bits per heavy atom. The SMILES string of the molecule is O=C(O)C1COCCN1C(=O)c1cccc(N2CCCC2=O)c1. The van der Waals surface area contributed by atoms with Gasteiger partial charge in [0.25, 0.3) is 5.91 Å². The molecule has 2 heterocycles. The second kappa shape index (κ2) is 6.37. The van der Waals surface area contributed by atoms with E-state index in [0.29, 0.717) is 30.8 Å². The largest absolute Gasteiger partial charge is 0.480 e. The second-order valence-electron chi connectivity index (χ2n) is 5.63. The van der Waals surface area contributed by atoms with Crippen LogP contribution in [0.5, 0.6) is 0 Å². The zero-order valence-corrected chi connectivity index (χ0v) is 12.6. The lowest BCUT2D eigenvalue weighted by atomic mass is 10.1. The summed E-state index contributed by atoms with van der Waals surface area (Å²) in [6, 6.07) is 5.81. The standard InChI is InChI=1S/C16H18N2O5/c19-14-5-2-6-17(14)12-4-1-3-11(9-12)15(20)18-7-8-23-10-13(18)16(21)22/h1,3-4,9,13H,2,5-8,10H2,(H,21,22). The van der Waals surface area contributed by atoms with Crippen LogP contribution in [0.3, 0.4) is 0 Å². The molecule has 2 amide bonds. The molecule has 7 nitrogen and oxygen atoms in total. The van der Waals surface area contributed by atoms with Gasteiger partial charge in [-0.05, 0) is 24.6 Å². The number of hydrogen-bond acceptors (Lipinski definition) is 4. The predicted molar refractivity (Wildman–Crippen MR) is 81.3 cm³/mol. The average Bonchev–Trinajstić information content (AvgIpc) is 3.00. The minimum absolute atomic E-state index is 0.00856. The number of anilines is 1. The molecule has 122 valence electrons. The molecule has 0 saturated carbocycles. The van der Waals surface area contributed by atoms with E-state index >= 15 is 0 Å². The van der Waals surface area contributed by atoms with Gasteiger partial charge < -0.3 is 19.6 Å². The normalized spacial score (nSPS) is 21.6. The van der Waals surface area contributed by atoms with Crippen molar-refractivity contribution in [2.45, 2.75) is 18.9 Å². The van der Waals surface area contributed by atoms with Crippen LogP contribution in [0.25, 0.3) is 0 Å². The monoisotopic (exact) mass is 318 g/mol. The van der Waals surface area contributed by atoms with Crippen LogP contribution in [0.1, 0.15) is 23.2 Å². The van der Waals surface area contributed by atoms with E-state index in [1.54, 1.807) is 29.2 Å². The van der Waals surface area contributed by atoms with Crippen molar-refractivity contribution in [3.63, 3.8) is 0 Å². The third-order valence-electron chi connectivity index (χ3n) is 4.15. The van der Waals surface area contributed by atoms with Crippen LogP contribution >= 0.6 is 0 Å². The summed E-state index contributed by atoms with van der Waals surface area (Å²) in [4.78, 5) is 38.8. The molecular formula is C16H18N2O5. The molecule has 0 aliphatic carbocycles. The maximum atomic E-state index is 12.7. The number of carboxylic acid groups (broad SMARTS) is 1. The van der Waals surface area contributed by atoms with Crippen LogP contribution in [-0.2, 0) is 14.3 Å². The van der Waals surface area contributed by atoms with Crippen LogP contribution in [0.4, 0.5) is 5.69 Å². The first-order valence-electron chi connectivity index (χ1n) is 7.60. The lowest BCUT2D eigenvalue weighted by Crippen LogP contribution is -2.52. The molecule has 0 aromatic heterocycles. The van der Waals surface area contributed by atoms with Crippen molar-refractivity contribution in [1.29, 1.82) is 0 Å². The van der Waals surface area contributed by atoms with E-state index in [1.165, 1.54) is 4.90 Å². The lowest BCUT2D eigenvalue weighted by Gasteiger charge is -2.33. The summed E-state index contributed by atoms with van der Waals surface area (Å²) in [7, 11) is 0. The first kappa shape index (κ1) is 15.5. The van der Waals surface area contributed by atoms with Gasteiger partial charge in [-0.1, -0.05) is 6.07 Å². The first-order valence-corrected chi connectivity index (χ1v) is 7.60. The number of benzene rings is 1. The van der Waals surface area contributed by atoms with Gasteiger partial charge in [0, 0.05) is 30.8 Å². The summed E-state index contributed by atoms with van der Waals surface area (Å²) in [6.07, 6.45) is 1.32. The summed E-state index contributed by atoms with van der Waals surface area (Å²) in [6.45, 7) is 1.19. The van der Waals surface area contributed by atoms with Crippen molar-refractivity contribution >= 4 is 23.5 Å². The molecule has 0 bridgehead atoms. The number of hydrogen-bond donors (Lipinski definition) is 1. The molecule has 0 spiro atoms. The number of amides is 2. The van der Waals surface area contributed by atoms with E-state index in [9.17, 15) is 19.5 Å². The first-order chi connectivity index (χ1) is 11.1. The highest BCUT2D eigenvalue weighted by atomic mass is 16.5. The molecule has 1 aromatic rings. The summed E-state index contributed by atoms with van der Waals surface area (Å²) >= 11 is 0. The van der Waals surface area contributed by atoms with Crippen LogP contribution in [-0.4, -0.2) is 60.1 Å². The van der Waals surface area contributed by atoms with Crippen molar-refractivity contribution in [3.05, 3.63) is 29.8 Å². The molecule has 1 atom stereocenters. The fraction of sp³-hybridized carbons (Fsp3) is 0.438. The number of carbonyl (C=O) groups is 3. The zero-order valence-electron chi connectivity index (χ0n) is 12.6. The quantitative estimate of drug-likeness (QED) is 0.888. The van der Waals surface area contributed by atoms with Gasteiger partial charge in [0.2, 0.25) is 5.91 Å². The highest BCUT2D eigenvalue weighted by Gasteiger charge is 2.33. The van der Waals surface area contributed by atoms with Crippen LogP contribution in [0.15, 0.2) is 24.3 Å². The summed E-state index contributed by atoms with van der Waals surface area (Å²) in [5, 5.41) is 9.24. The summed E-state index contributed by atoms with van der Waals surface area (Å²) in [5.74, 6) is -1.39. The molecule has 23 heavy (non-hydrogen) atoms. The fourth-order valence-electron chi connectivity index (χ4n) is 2.95. The van der Waals surface area contributed by atoms with Gasteiger partial charge in [0.15, 0.2) is 6.04 Å². The van der Waals surface area contributed by atoms with Gasteiger partial charge in [0.05, 0.1) is 13.2 Å². The van der Waals surface area contributed by atoms with Crippen molar-refractivity contribution in [3.8, 4) is 0 Å². The Balaban J connectivity index is 1.84. The van der Waals surface area contributed by atoms with Crippen molar-refractivity contribution in [1.82, 2.24) is 4.90 Å². The van der Waals surface area contributed by atoms with Crippen LogP contribution in [0, 0.1) is 0 Å². The molecule has 3 rings (SSSR count). The number of nitrogens with zero attached hydrogens (tertiary/aromatic N) is 2. The third kappa shape index (κ3) is 3.05. The predicted octanol–water partition coefficient (Wildman–Crippen LogP) is 0.739. The molecule has 7 heteroatoms. The number of morpholine rings is 1. The minimum Gasteiger partial charge on any atom is -0.480 e. The van der Waals surface area contributed by atoms with Crippen LogP contribution < -0.4 is 4.90 Å². The van der Waals surface area contributed by atoms with E-state index in [-0.39, 0.29) is 25.0 Å². The van der Waals surface area contributed by atoms with Gasteiger partial charge >= 0.3 is 5.97 Å². The fourth-order valence-corrected chi connectivity index (χ4v) is 2.95. The number of rotatable bonds is 3. The zero-order chi connectivity index (χ0) is 16.4. The topological polar surface area (TPSA) is 87.2 Å². The Morgan fingerprint density at radius 2 is 2.09 bits per heavy atom. The Morgan fingerprint density at radius 1 is 1.26 bits per heavy atom. The number of carbonyl (C=O) groups excluding carboxylic acids is 2. The van der Waals surface area contributed by atoms with Crippen molar-refractivity contribution < 1.29 is 24.2 Å². The van der Waals surface area contributed by atoms with E-state index in [1.807, 2.05) is 0 Å². The molecule has 1 aromatic carbocycles. The van der Waals surface area contributed by atoms with Gasteiger partial charge in [-0.2, -0.15) is 0 Å². The molecule has 2 aliphatic heterocycles. The molecule has 2 saturated heterocycles. The molecular weight excluding hydrogens is 300 g/mol. The maximum Gasteiger partial charge on any atom is 0.328 e. The average molecular weight is 318 g/mol. The molecule has 2 fully saturated rings. The Hall–Kier alpha value is -2.41. The van der Waals surface area contributed by atoms with E-state index in [2.05, 4.69) is 0 Å². The van der Waals surface area contributed by atoms with Gasteiger partial charge in [-0.3, -0.25) is 9.59 Å². The molecule has 0 radical (unpaired) electrons. The van der Waals surface area contributed by atoms with E-state index in [4.69, 9.17) is 4.74 Å². The molecule has 1 unspecified atom stereocenters. The highest BCUT2D eigenvalue weighted by molar-refractivity contribution is 6.00. The molecule has 2 aliphatic rings. The second-order valence-corrected chi connectivity index (χ2v) is 5.63. The van der Waals surface area contributed by atoms with E-state index in [0.717, 1.165) is 6.42 Å².